The maximum absolute atomic E-state index is 6.07. The first-order valence-corrected chi connectivity index (χ1v) is 7.06. The second-order valence-electron chi connectivity index (χ2n) is 5.21. The third-order valence-electron chi connectivity index (χ3n) is 3.70. The molecule has 0 saturated carbocycles. The van der Waals surface area contributed by atoms with Crippen LogP contribution in [0, 0.1) is 6.92 Å². The van der Waals surface area contributed by atoms with Crippen molar-refractivity contribution in [1.29, 1.82) is 0 Å². The Morgan fingerprint density at radius 2 is 1.43 bits per heavy atom. The zero-order chi connectivity index (χ0) is 14.2. The monoisotopic (exact) mass is 273 g/mol. The molecule has 0 atom stereocenters. The molecule has 4 rings (SSSR count). The van der Waals surface area contributed by atoms with Gasteiger partial charge in [-0.05, 0) is 48.9 Å². The fourth-order valence-corrected chi connectivity index (χ4v) is 2.72. The van der Waals surface area contributed by atoms with Crippen molar-refractivity contribution in [3.63, 3.8) is 0 Å². The van der Waals surface area contributed by atoms with Crippen LogP contribution in [-0.2, 0) is 0 Å². The van der Waals surface area contributed by atoms with E-state index in [-0.39, 0.29) is 0 Å². The molecular weight excluding hydrogens is 258 g/mol. The molecule has 0 saturated heterocycles. The smallest absolute Gasteiger partial charge is 0.151 e. The zero-order valence-corrected chi connectivity index (χ0v) is 11.8. The molecule has 0 radical (unpaired) electrons. The van der Waals surface area contributed by atoms with Crippen LogP contribution in [0.1, 0.15) is 5.56 Å². The van der Waals surface area contributed by atoms with Gasteiger partial charge in [-0.3, -0.25) is 0 Å². The van der Waals surface area contributed by atoms with E-state index in [0.29, 0.717) is 0 Å². The number of fused-ring (bicyclic) bond motifs is 2. The Hall–Kier alpha value is -2.74. The van der Waals surface area contributed by atoms with Gasteiger partial charge in [0.2, 0.25) is 0 Å². The topological polar surface area (TPSA) is 12.5 Å². The average Bonchev–Trinajstić information content (AvgIpc) is 2.53. The molecule has 1 aliphatic heterocycles. The third kappa shape index (κ3) is 1.96. The van der Waals surface area contributed by atoms with E-state index >= 15 is 0 Å². The standard InChI is InChI=1S/C19H15NO/c1-14-11-12-17-19(13-14)21-18-10-6-5-9-16(18)20(17)15-7-3-2-4-8-15/h2-13H,1H3. The van der Waals surface area contributed by atoms with Crippen molar-refractivity contribution in [2.45, 2.75) is 6.92 Å². The predicted octanol–water partition coefficient (Wildman–Crippen LogP) is 5.57. The maximum atomic E-state index is 6.07. The summed E-state index contributed by atoms with van der Waals surface area (Å²) in [5, 5.41) is 0. The van der Waals surface area contributed by atoms with Crippen molar-refractivity contribution >= 4 is 17.1 Å². The number of aryl methyl sites for hydroxylation is 1. The van der Waals surface area contributed by atoms with Gasteiger partial charge in [0, 0.05) is 5.69 Å². The zero-order valence-electron chi connectivity index (χ0n) is 11.8. The lowest BCUT2D eigenvalue weighted by Crippen LogP contribution is -2.15. The summed E-state index contributed by atoms with van der Waals surface area (Å²) in [6.07, 6.45) is 0. The number of rotatable bonds is 1. The van der Waals surface area contributed by atoms with Crippen LogP contribution >= 0.6 is 0 Å². The van der Waals surface area contributed by atoms with Crippen LogP contribution in [0.3, 0.4) is 0 Å². The lowest BCUT2D eigenvalue weighted by Gasteiger charge is -2.32. The van der Waals surface area contributed by atoms with E-state index in [1.807, 2.05) is 24.3 Å². The van der Waals surface area contributed by atoms with Gasteiger partial charge in [0.15, 0.2) is 11.5 Å². The van der Waals surface area contributed by atoms with Crippen LogP contribution < -0.4 is 9.64 Å². The summed E-state index contributed by atoms with van der Waals surface area (Å²) >= 11 is 0. The van der Waals surface area contributed by atoms with Gasteiger partial charge < -0.3 is 9.64 Å². The van der Waals surface area contributed by atoms with E-state index in [2.05, 4.69) is 60.4 Å². The first-order valence-electron chi connectivity index (χ1n) is 7.06. The molecule has 0 fully saturated rings. The molecule has 0 amide bonds. The van der Waals surface area contributed by atoms with Crippen molar-refractivity contribution in [2.75, 3.05) is 4.90 Å². The fraction of sp³-hybridized carbons (Fsp3) is 0.0526. The molecule has 0 spiro atoms. The van der Waals surface area contributed by atoms with Crippen LogP contribution in [0.5, 0.6) is 11.5 Å². The van der Waals surface area contributed by atoms with Crippen LogP contribution in [0.25, 0.3) is 0 Å². The SMILES string of the molecule is Cc1ccc2c(c1)Oc1ccccc1N2c1ccccc1. The molecule has 0 bridgehead atoms. The molecule has 0 unspecified atom stereocenters. The Morgan fingerprint density at radius 3 is 2.29 bits per heavy atom. The Kier molecular flexibility index (Phi) is 2.68. The molecule has 1 heterocycles. The predicted molar refractivity (Wildman–Crippen MR) is 85.9 cm³/mol. The lowest BCUT2D eigenvalue weighted by molar-refractivity contribution is 0.476. The van der Waals surface area contributed by atoms with Gasteiger partial charge in [-0.1, -0.05) is 36.4 Å². The molecule has 2 nitrogen and oxygen atoms in total. The van der Waals surface area contributed by atoms with E-state index in [9.17, 15) is 0 Å². The Bertz CT molecular complexity index is 796. The molecule has 3 aromatic carbocycles. The van der Waals surface area contributed by atoms with Gasteiger partial charge in [0.25, 0.3) is 0 Å². The first kappa shape index (κ1) is 12.0. The van der Waals surface area contributed by atoms with Gasteiger partial charge in [0.1, 0.15) is 0 Å². The van der Waals surface area contributed by atoms with Gasteiger partial charge >= 0.3 is 0 Å². The Morgan fingerprint density at radius 1 is 0.714 bits per heavy atom. The maximum Gasteiger partial charge on any atom is 0.151 e. The highest BCUT2D eigenvalue weighted by Crippen LogP contribution is 2.50. The number of para-hydroxylation sites is 3. The van der Waals surface area contributed by atoms with Crippen molar-refractivity contribution in [1.82, 2.24) is 0 Å². The van der Waals surface area contributed by atoms with Crippen LogP contribution in [-0.4, -0.2) is 0 Å². The molecule has 21 heavy (non-hydrogen) atoms. The molecule has 0 aliphatic carbocycles. The lowest BCUT2D eigenvalue weighted by atomic mass is 10.1. The summed E-state index contributed by atoms with van der Waals surface area (Å²) in [6, 6.07) is 24.8. The van der Waals surface area contributed by atoms with Gasteiger partial charge in [-0.15, -0.1) is 0 Å². The van der Waals surface area contributed by atoms with Gasteiger partial charge in [-0.2, -0.15) is 0 Å². The highest BCUT2D eigenvalue weighted by atomic mass is 16.5. The number of benzene rings is 3. The molecule has 1 aliphatic rings. The van der Waals surface area contributed by atoms with Crippen LogP contribution in [0.15, 0.2) is 72.8 Å². The summed E-state index contributed by atoms with van der Waals surface area (Å²) in [5.41, 5.74) is 4.48. The summed E-state index contributed by atoms with van der Waals surface area (Å²) in [5.74, 6) is 1.79. The number of anilines is 3. The quantitative estimate of drug-likeness (QED) is 0.449. The number of nitrogens with zero attached hydrogens (tertiary/aromatic N) is 1. The normalized spacial score (nSPS) is 12.3. The summed E-state index contributed by atoms with van der Waals surface area (Å²) in [6.45, 7) is 2.08. The highest BCUT2D eigenvalue weighted by molar-refractivity contribution is 5.86. The summed E-state index contributed by atoms with van der Waals surface area (Å²) in [4.78, 5) is 2.24. The van der Waals surface area contributed by atoms with Crippen molar-refractivity contribution in [3.8, 4) is 11.5 Å². The van der Waals surface area contributed by atoms with E-state index in [1.54, 1.807) is 0 Å². The summed E-state index contributed by atoms with van der Waals surface area (Å²) < 4.78 is 6.07. The minimum Gasteiger partial charge on any atom is -0.453 e. The second-order valence-corrected chi connectivity index (χ2v) is 5.21. The largest absolute Gasteiger partial charge is 0.453 e. The minimum atomic E-state index is 0.888. The third-order valence-corrected chi connectivity index (χ3v) is 3.70. The van der Waals surface area contributed by atoms with Crippen LogP contribution in [0.4, 0.5) is 17.1 Å². The minimum absolute atomic E-state index is 0.888. The molecule has 3 aromatic rings. The van der Waals surface area contributed by atoms with E-state index in [0.717, 1.165) is 28.6 Å². The van der Waals surface area contributed by atoms with Crippen molar-refractivity contribution in [2.24, 2.45) is 0 Å². The average molecular weight is 273 g/mol. The van der Waals surface area contributed by atoms with Crippen molar-refractivity contribution in [3.05, 3.63) is 78.4 Å². The second kappa shape index (κ2) is 4.67. The van der Waals surface area contributed by atoms with Gasteiger partial charge in [-0.25, -0.2) is 0 Å². The summed E-state index contributed by atoms with van der Waals surface area (Å²) in [7, 11) is 0. The highest BCUT2D eigenvalue weighted by Gasteiger charge is 2.25. The van der Waals surface area contributed by atoms with Gasteiger partial charge in [0.05, 0.1) is 11.4 Å². The van der Waals surface area contributed by atoms with E-state index in [4.69, 9.17) is 4.74 Å². The molecule has 2 heteroatoms. The van der Waals surface area contributed by atoms with Crippen LogP contribution in [0.2, 0.25) is 0 Å². The number of hydrogen-bond acceptors (Lipinski definition) is 2. The first-order chi connectivity index (χ1) is 10.3. The fourth-order valence-electron chi connectivity index (χ4n) is 2.72. The van der Waals surface area contributed by atoms with E-state index < -0.39 is 0 Å². The van der Waals surface area contributed by atoms with Crippen molar-refractivity contribution < 1.29 is 4.74 Å². The number of ether oxygens (including phenoxy) is 1. The van der Waals surface area contributed by atoms with E-state index in [1.165, 1.54) is 5.56 Å². The Balaban J connectivity index is 1.97. The Labute approximate surface area is 124 Å². The number of hydrogen-bond donors (Lipinski definition) is 0. The molecule has 102 valence electrons. The molecule has 0 aromatic heterocycles. The molecular formula is C19H15NO. The molecule has 0 N–H and O–H groups in total.